The highest BCUT2D eigenvalue weighted by Crippen LogP contribution is 2.20. The van der Waals surface area contributed by atoms with E-state index >= 15 is 0 Å². The van der Waals surface area contributed by atoms with Gasteiger partial charge in [0.05, 0.1) is 23.3 Å². The third kappa shape index (κ3) is 4.63. The highest BCUT2D eigenvalue weighted by atomic mass is 35.5. The minimum atomic E-state index is -0.585. The average Bonchev–Trinajstić information content (AvgIpc) is 2.71. The number of carbonyl (C=O) groups excluding carboxylic acids is 2. The molecular weight excluding hydrogens is 385 g/mol. The normalized spacial score (nSPS) is 10.2. The number of nitrogens with zero attached hydrogens (tertiary/aromatic N) is 1. The Kier molecular flexibility index (Phi) is 5.86. The van der Waals surface area contributed by atoms with Crippen molar-refractivity contribution in [2.75, 3.05) is 17.7 Å². The number of hydrogen-bond acceptors (Lipinski definition) is 4. The SMILES string of the molecule is COc1ccc(NC(=O)c2cncc(C(=O)Nc3ccc(F)c(Cl)c3)c2)cc1. The number of pyridine rings is 1. The quantitative estimate of drug-likeness (QED) is 0.667. The molecular formula is C20H15ClFN3O3. The summed E-state index contributed by atoms with van der Waals surface area (Å²) >= 11 is 5.71. The summed E-state index contributed by atoms with van der Waals surface area (Å²) in [6, 6.07) is 12.0. The van der Waals surface area contributed by atoms with E-state index < -0.39 is 17.6 Å². The second kappa shape index (κ2) is 8.49. The summed E-state index contributed by atoms with van der Waals surface area (Å²) in [6.07, 6.45) is 2.68. The molecule has 0 saturated heterocycles. The minimum Gasteiger partial charge on any atom is -0.497 e. The van der Waals surface area contributed by atoms with Crippen LogP contribution in [0.5, 0.6) is 5.75 Å². The number of anilines is 2. The van der Waals surface area contributed by atoms with E-state index in [0.29, 0.717) is 17.1 Å². The number of rotatable bonds is 5. The average molecular weight is 400 g/mol. The van der Waals surface area contributed by atoms with E-state index in [1.165, 1.54) is 30.6 Å². The first-order chi connectivity index (χ1) is 13.5. The van der Waals surface area contributed by atoms with Crippen molar-refractivity contribution in [2.24, 2.45) is 0 Å². The van der Waals surface area contributed by atoms with E-state index in [9.17, 15) is 14.0 Å². The Morgan fingerprint density at radius 1 is 0.929 bits per heavy atom. The molecule has 28 heavy (non-hydrogen) atoms. The van der Waals surface area contributed by atoms with E-state index in [1.807, 2.05) is 0 Å². The number of nitrogens with one attached hydrogen (secondary N) is 2. The monoisotopic (exact) mass is 399 g/mol. The van der Waals surface area contributed by atoms with Crippen molar-refractivity contribution in [1.29, 1.82) is 0 Å². The van der Waals surface area contributed by atoms with Gasteiger partial charge in [0.1, 0.15) is 11.6 Å². The van der Waals surface area contributed by atoms with Crippen molar-refractivity contribution in [3.63, 3.8) is 0 Å². The molecule has 2 amide bonds. The van der Waals surface area contributed by atoms with Gasteiger partial charge in [0, 0.05) is 23.8 Å². The molecule has 142 valence electrons. The zero-order valence-corrected chi connectivity index (χ0v) is 15.5. The highest BCUT2D eigenvalue weighted by Gasteiger charge is 2.13. The lowest BCUT2D eigenvalue weighted by atomic mass is 10.1. The standard InChI is InChI=1S/C20H15ClFN3O3/c1-28-16-5-2-14(3-6-16)24-19(26)12-8-13(11-23-10-12)20(27)25-15-4-7-18(22)17(21)9-15/h2-11H,1H3,(H,24,26)(H,25,27). The molecule has 0 saturated carbocycles. The van der Waals surface area contributed by atoms with E-state index in [0.717, 1.165) is 6.07 Å². The van der Waals surface area contributed by atoms with Crippen LogP contribution in [0, 0.1) is 5.82 Å². The van der Waals surface area contributed by atoms with Crippen LogP contribution in [0.25, 0.3) is 0 Å². The second-order valence-corrected chi connectivity index (χ2v) is 6.14. The van der Waals surface area contributed by atoms with Gasteiger partial charge in [-0.15, -0.1) is 0 Å². The molecule has 2 aromatic carbocycles. The van der Waals surface area contributed by atoms with Crippen LogP contribution in [-0.4, -0.2) is 23.9 Å². The Morgan fingerprint density at radius 2 is 1.50 bits per heavy atom. The Morgan fingerprint density at radius 3 is 2.07 bits per heavy atom. The van der Waals surface area contributed by atoms with Crippen molar-refractivity contribution < 1.29 is 18.7 Å². The summed E-state index contributed by atoms with van der Waals surface area (Å²) in [7, 11) is 1.55. The van der Waals surface area contributed by atoms with Crippen molar-refractivity contribution in [3.05, 3.63) is 82.9 Å². The molecule has 3 aromatic rings. The number of methoxy groups -OCH3 is 1. The molecule has 0 bridgehead atoms. The molecule has 0 aliphatic rings. The van der Waals surface area contributed by atoms with Gasteiger partial charge in [-0.05, 0) is 48.5 Å². The van der Waals surface area contributed by atoms with Gasteiger partial charge in [0.25, 0.3) is 11.8 Å². The fourth-order valence-corrected chi connectivity index (χ4v) is 2.52. The molecule has 0 fully saturated rings. The minimum absolute atomic E-state index is 0.108. The number of hydrogen-bond donors (Lipinski definition) is 2. The van der Waals surface area contributed by atoms with Gasteiger partial charge in [-0.3, -0.25) is 14.6 Å². The first-order valence-corrected chi connectivity index (χ1v) is 8.51. The van der Waals surface area contributed by atoms with Crippen molar-refractivity contribution >= 4 is 34.8 Å². The maximum atomic E-state index is 13.2. The zero-order chi connectivity index (χ0) is 20.1. The topological polar surface area (TPSA) is 80.3 Å². The summed E-state index contributed by atoms with van der Waals surface area (Å²) < 4.78 is 18.3. The van der Waals surface area contributed by atoms with Gasteiger partial charge in [0.15, 0.2) is 0 Å². The molecule has 0 atom stereocenters. The summed E-state index contributed by atoms with van der Waals surface area (Å²) in [5, 5.41) is 5.19. The maximum absolute atomic E-state index is 13.2. The number of carbonyl (C=O) groups is 2. The molecule has 0 spiro atoms. The van der Waals surface area contributed by atoms with Crippen LogP contribution >= 0.6 is 11.6 Å². The van der Waals surface area contributed by atoms with Crippen LogP contribution < -0.4 is 15.4 Å². The van der Waals surface area contributed by atoms with Crippen molar-refractivity contribution in [3.8, 4) is 5.75 Å². The van der Waals surface area contributed by atoms with Crippen molar-refractivity contribution in [1.82, 2.24) is 4.98 Å². The molecule has 8 heteroatoms. The number of amides is 2. The zero-order valence-electron chi connectivity index (χ0n) is 14.7. The van der Waals surface area contributed by atoms with Gasteiger partial charge in [-0.25, -0.2) is 4.39 Å². The molecule has 0 aliphatic heterocycles. The molecule has 3 rings (SSSR count). The van der Waals surface area contributed by atoms with Gasteiger partial charge in [-0.2, -0.15) is 0 Å². The number of benzene rings is 2. The molecule has 0 radical (unpaired) electrons. The summed E-state index contributed by atoms with van der Waals surface area (Å²) in [6.45, 7) is 0. The van der Waals surface area contributed by atoms with Crippen LogP contribution in [-0.2, 0) is 0 Å². The number of aromatic nitrogens is 1. The highest BCUT2D eigenvalue weighted by molar-refractivity contribution is 6.31. The predicted octanol–water partition coefficient (Wildman–Crippen LogP) is 4.39. The fraction of sp³-hybridized carbons (Fsp3) is 0.0500. The number of halogens is 2. The summed E-state index contributed by atoms with van der Waals surface area (Å²) in [5.41, 5.74) is 1.27. The second-order valence-electron chi connectivity index (χ2n) is 5.73. The van der Waals surface area contributed by atoms with E-state index in [4.69, 9.17) is 16.3 Å². The summed E-state index contributed by atoms with van der Waals surface area (Å²) in [4.78, 5) is 28.7. The van der Waals surface area contributed by atoms with Crippen molar-refractivity contribution in [2.45, 2.75) is 0 Å². The van der Waals surface area contributed by atoms with Gasteiger partial charge >= 0.3 is 0 Å². The van der Waals surface area contributed by atoms with Crippen LogP contribution in [0.4, 0.5) is 15.8 Å². The predicted molar refractivity (Wildman–Crippen MR) is 105 cm³/mol. The Hall–Kier alpha value is -3.45. The Labute approximate surface area is 165 Å². The molecule has 0 aliphatic carbocycles. The van der Waals surface area contributed by atoms with Gasteiger partial charge < -0.3 is 15.4 Å². The fourth-order valence-electron chi connectivity index (χ4n) is 2.34. The lowest BCUT2D eigenvalue weighted by Gasteiger charge is -2.08. The number of ether oxygens (including phenoxy) is 1. The van der Waals surface area contributed by atoms with Crippen LogP contribution in [0.2, 0.25) is 5.02 Å². The summed E-state index contributed by atoms with van der Waals surface area (Å²) in [5.74, 6) is -0.843. The molecule has 2 N–H and O–H groups in total. The lowest BCUT2D eigenvalue weighted by Crippen LogP contribution is -2.16. The maximum Gasteiger partial charge on any atom is 0.257 e. The first kappa shape index (κ1) is 19.3. The molecule has 0 unspecified atom stereocenters. The Bertz CT molecular complexity index is 1030. The van der Waals surface area contributed by atoms with E-state index in [1.54, 1.807) is 31.4 Å². The van der Waals surface area contributed by atoms with E-state index in [2.05, 4.69) is 15.6 Å². The largest absolute Gasteiger partial charge is 0.497 e. The Balaban J connectivity index is 1.72. The van der Waals surface area contributed by atoms with Gasteiger partial charge in [0.2, 0.25) is 0 Å². The third-order valence-electron chi connectivity index (χ3n) is 3.79. The van der Waals surface area contributed by atoms with Crippen LogP contribution in [0.1, 0.15) is 20.7 Å². The molecule has 1 aromatic heterocycles. The first-order valence-electron chi connectivity index (χ1n) is 8.13. The van der Waals surface area contributed by atoms with Gasteiger partial charge in [-0.1, -0.05) is 11.6 Å². The lowest BCUT2D eigenvalue weighted by molar-refractivity contribution is 0.102. The van der Waals surface area contributed by atoms with E-state index in [-0.39, 0.29) is 16.1 Å². The molecule has 6 nitrogen and oxygen atoms in total. The van der Waals surface area contributed by atoms with Crippen LogP contribution in [0.15, 0.2) is 60.9 Å². The molecule has 1 heterocycles. The van der Waals surface area contributed by atoms with Crippen LogP contribution in [0.3, 0.4) is 0 Å². The third-order valence-corrected chi connectivity index (χ3v) is 4.08. The smallest absolute Gasteiger partial charge is 0.257 e.